The lowest BCUT2D eigenvalue weighted by Gasteiger charge is -2.13. The first-order valence-corrected chi connectivity index (χ1v) is 10.6. The molecule has 0 aliphatic heterocycles. The van der Waals surface area contributed by atoms with Crippen LogP contribution in [0.2, 0.25) is 0 Å². The van der Waals surface area contributed by atoms with Gasteiger partial charge in [0.1, 0.15) is 0 Å². The normalized spacial score (nSPS) is 15.4. The molecule has 0 unspecified atom stereocenters. The van der Waals surface area contributed by atoms with E-state index in [4.69, 9.17) is 0 Å². The SMILES string of the molecule is Cc1ncc(CNC(=O)c2cccc(S(=O)(=O)NC3CCCC3)c2)s1. The van der Waals surface area contributed by atoms with Crippen LogP contribution in [-0.2, 0) is 16.6 Å². The van der Waals surface area contributed by atoms with Crippen molar-refractivity contribution in [3.8, 4) is 0 Å². The number of hydrogen-bond donors (Lipinski definition) is 2. The largest absolute Gasteiger partial charge is 0.347 e. The third-order valence-corrected chi connectivity index (χ3v) is 6.61. The fraction of sp³-hybridized carbons (Fsp3) is 0.412. The molecule has 0 atom stereocenters. The van der Waals surface area contributed by atoms with E-state index >= 15 is 0 Å². The summed E-state index contributed by atoms with van der Waals surface area (Å²) in [7, 11) is -3.60. The lowest BCUT2D eigenvalue weighted by Crippen LogP contribution is -2.32. The van der Waals surface area contributed by atoms with E-state index < -0.39 is 10.0 Å². The fourth-order valence-corrected chi connectivity index (χ4v) is 4.98. The van der Waals surface area contributed by atoms with Gasteiger partial charge in [0, 0.05) is 22.7 Å². The summed E-state index contributed by atoms with van der Waals surface area (Å²) in [6.45, 7) is 2.28. The molecule has 1 heterocycles. The van der Waals surface area contributed by atoms with Crippen LogP contribution in [0.5, 0.6) is 0 Å². The molecule has 134 valence electrons. The van der Waals surface area contributed by atoms with Crippen LogP contribution in [0.15, 0.2) is 35.4 Å². The standard InChI is InChI=1S/C17H21N3O3S2/c1-12-18-10-15(24-12)11-19-17(21)13-5-4-8-16(9-13)25(22,23)20-14-6-2-3-7-14/h4-5,8-10,14,20H,2-3,6-7,11H2,1H3,(H,19,21). The summed E-state index contributed by atoms with van der Waals surface area (Å²) < 4.78 is 27.7. The molecule has 0 saturated heterocycles. The summed E-state index contributed by atoms with van der Waals surface area (Å²) in [4.78, 5) is 17.5. The number of hydrogen-bond acceptors (Lipinski definition) is 5. The maximum atomic E-state index is 12.5. The average molecular weight is 380 g/mol. The van der Waals surface area contributed by atoms with E-state index in [-0.39, 0.29) is 16.8 Å². The van der Waals surface area contributed by atoms with E-state index in [9.17, 15) is 13.2 Å². The maximum absolute atomic E-state index is 12.5. The number of carbonyl (C=O) groups excluding carboxylic acids is 1. The zero-order valence-corrected chi connectivity index (χ0v) is 15.6. The molecule has 0 bridgehead atoms. The highest BCUT2D eigenvalue weighted by atomic mass is 32.2. The van der Waals surface area contributed by atoms with Gasteiger partial charge in [0.2, 0.25) is 10.0 Å². The van der Waals surface area contributed by atoms with Crippen molar-refractivity contribution in [3.05, 3.63) is 45.9 Å². The molecule has 25 heavy (non-hydrogen) atoms. The van der Waals surface area contributed by atoms with Gasteiger partial charge >= 0.3 is 0 Å². The maximum Gasteiger partial charge on any atom is 0.251 e. The Morgan fingerprint density at radius 2 is 2.08 bits per heavy atom. The number of sulfonamides is 1. The second kappa shape index (κ2) is 7.63. The molecular weight excluding hydrogens is 358 g/mol. The van der Waals surface area contributed by atoms with Crippen LogP contribution in [0.4, 0.5) is 0 Å². The van der Waals surface area contributed by atoms with Gasteiger partial charge in [-0.3, -0.25) is 4.79 Å². The predicted molar refractivity (Wildman–Crippen MR) is 97.0 cm³/mol. The summed E-state index contributed by atoms with van der Waals surface area (Å²) >= 11 is 1.52. The molecule has 1 saturated carbocycles. The number of aromatic nitrogens is 1. The number of nitrogens with zero attached hydrogens (tertiary/aromatic N) is 1. The highest BCUT2D eigenvalue weighted by molar-refractivity contribution is 7.89. The number of benzene rings is 1. The van der Waals surface area contributed by atoms with Gasteiger partial charge in [-0.05, 0) is 38.0 Å². The summed E-state index contributed by atoms with van der Waals surface area (Å²) in [5.41, 5.74) is 0.329. The molecule has 1 aliphatic rings. The number of aryl methyl sites for hydroxylation is 1. The summed E-state index contributed by atoms with van der Waals surface area (Å²) in [6, 6.07) is 6.14. The Hall–Kier alpha value is -1.77. The first-order chi connectivity index (χ1) is 11.9. The molecule has 1 aliphatic carbocycles. The van der Waals surface area contributed by atoms with Gasteiger partial charge in [0.05, 0.1) is 16.4 Å². The van der Waals surface area contributed by atoms with Crippen LogP contribution < -0.4 is 10.0 Å². The van der Waals surface area contributed by atoms with Gasteiger partial charge in [-0.1, -0.05) is 18.9 Å². The second-order valence-electron chi connectivity index (χ2n) is 6.16. The number of thiazole rings is 1. The Morgan fingerprint density at radius 3 is 2.76 bits per heavy atom. The molecule has 3 rings (SSSR count). The van der Waals surface area contributed by atoms with Gasteiger partial charge in [-0.25, -0.2) is 18.1 Å². The van der Waals surface area contributed by atoms with Crippen LogP contribution in [-0.4, -0.2) is 25.4 Å². The van der Waals surface area contributed by atoms with Gasteiger partial charge in [-0.15, -0.1) is 11.3 Å². The van der Waals surface area contributed by atoms with Crippen LogP contribution in [0.25, 0.3) is 0 Å². The third-order valence-electron chi connectivity index (χ3n) is 4.18. The summed E-state index contributed by atoms with van der Waals surface area (Å²) in [5.74, 6) is -0.302. The zero-order chi connectivity index (χ0) is 17.9. The molecule has 8 heteroatoms. The minimum atomic E-state index is -3.60. The average Bonchev–Trinajstić information content (AvgIpc) is 3.24. The van der Waals surface area contributed by atoms with E-state index in [2.05, 4.69) is 15.0 Å². The molecule has 2 aromatic rings. The van der Waals surface area contributed by atoms with Crippen molar-refractivity contribution < 1.29 is 13.2 Å². The Kier molecular flexibility index (Phi) is 5.51. The van der Waals surface area contributed by atoms with Crippen molar-refractivity contribution in [2.45, 2.75) is 50.1 Å². The van der Waals surface area contributed by atoms with Gasteiger partial charge in [0.25, 0.3) is 5.91 Å². The van der Waals surface area contributed by atoms with Gasteiger partial charge in [-0.2, -0.15) is 0 Å². The topological polar surface area (TPSA) is 88.2 Å². The number of nitrogens with one attached hydrogen (secondary N) is 2. The molecule has 1 aromatic heterocycles. The first kappa shape index (κ1) is 18.0. The minimum Gasteiger partial charge on any atom is -0.347 e. The summed E-state index contributed by atoms with van der Waals surface area (Å²) in [5, 5.41) is 3.74. The second-order valence-corrected chi connectivity index (χ2v) is 9.19. The lowest BCUT2D eigenvalue weighted by molar-refractivity contribution is 0.0951. The summed E-state index contributed by atoms with van der Waals surface area (Å²) in [6.07, 6.45) is 5.56. The van der Waals surface area contributed by atoms with E-state index in [0.717, 1.165) is 35.6 Å². The lowest BCUT2D eigenvalue weighted by atomic mass is 10.2. The predicted octanol–water partition coefficient (Wildman–Crippen LogP) is 2.60. The smallest absolute Gasteiger partial charge is 0.251 e. The Morgan fingerprint density at radius 1 is 1.32 bits per heavy atom. The Labute approximate surface area is 151 Å². The van der Waals surface area contributed by atoms with Crippen LogP contribution in [0, 0.1) is 6.92 Å². The molecule has 1 fully saturated rings. The van der Waals surface area contributed by atoms with Crippen molar-refractivity contribution in [2.75, 3.05) is 0 Å². The van der Waals surface area contributed by atoms with Crippen LogP contribution in [0.1, 0.15) is 45.9 Å². The van der Waals surface area contributed by atoms with Crippen LogP contribution in [0.3, 0.4) is 0 Å². The molecule has 2 N–H and O–H groups in total. The molecular formula is C17H21N3O3S2. The number of amides is 1. The van der Waals surface area contributed by atoms with E-state index in [1.807, 2.05) is 6.92 Å². The number of rotatable bonds is 6. The van der Waals surface area contributed by atoms with Gasteiger partial charge < -0.3 is 5.32 Å². The zero-order valence-electron chi connectivity index (χ0n) is 14.0. The number of carbonyl (C=O) groups is 1. The van der Waals surface area contributed by atoms with Crippen molar-refractivity contribution in [2.24, 2.45) is 0 Å². The fourth-order valence-electron chi connectivity index (χ4n) is 2.89. The first-order valence-electron chi connectivity index (χ1n) is 8.26. The van der Waals surface area contributed by atoms with E-state index in [1.54, 1.807) is 18.3 Å². The quantitative estimate of drug-likeness (QED) is 0.807. The third kappa shape index (κ3) is 4.65. The molecule has 1 aromatic carbocycles. The minimum absolute atomic E-state index is 0.00273. The van der Waals surface area contributed by atoms with Crippen molar-refractivity contribution in [1.82, 2.24) is 15.0 Å². The Balaban J connectivity index is 1.68. The van der Waals surface area contributed by atoms with E-state index in [1.165, 1.54) is 23.5 Å². The van der Waals surface area contributed by atoms with Crippen molar-refractivity contribution in [1.29, 1.82) is 0 Å². The Bertz CT molecular complexity index is 856. The molecule has 6 nitrogen and oxygen atoms in total. The molecule has 0 spiro atoms. The molecule has 1 amide bonds. The van der Waals surface area contributed by atoms with Crippen molar-refractivity contribution in [3.63, 3.8) is 0 Å². The van der Waals surface area contributed by atoms with Gasteiger partial charge in [0.15, 0.2) is 0 Å². The highest BCUT2D eigenvalue weighted by Crippen LogP contribution is 2.21. The van der Waals surface area contributed by atoms with Crippen molar-refractivity contribution >= 4 is 27.3 Å². The highest BCUT2D eigenvalue weighted by Gasteiger charge is 2.23. The van der Waals surface area contributed by atoms with E-state index in [0.29, 0.717) is 12.1 Å². The monoisotopic (exact) mass is 379 g/mol. The molecule has 0 radical (unpaired) electrons. The van der Waals surface area contributed by atoms with Crippen LogP contribution >= 0.6 is 11.3 Å².